The first-order valence-electron chi connectivity index (χ1n) is 7.83. The predicted octanol–water partition coefficient (Wildman–Crippen LogP) is 1.66. The summed E-state index contributed by atoms with van der Waals surface area (Å²) < 4.78 is 0. The Morgan fingerprint density at radius 2 is 2.32 bits per heavy atom. The van der Waals surface area contributed by atoms with E-state index in [9.17, 15) is 9.90 Å². The summed E-state index contributed by atoms with van der Waals surface area (Å²) in [5.41, 5.74) is 1.99. The number of rotatable bonds is 2. The fourth-order valence-corrected chi connectivity index (χ4v) is 3.61. The molecule has 3 rings (SSSR count). The van der Waals surface area contributed by atoms with E-state index in [-0.39, 0.29) is 23.9 Å². The first kappa shape index (κ1) is 14.9. The first-order valence-corrected chi connectivity index (χ1v) is 7.83. The summed E-state index contributed by atoms with van der Waals surface area (Å²) in [5, 5.41) is 22.3. The van der Waals surface area contributed by atoms with Crippen LogP contribution in [0.25, 0.3) is 0 Å². The molecule has 2 aliphatic rings. The van der Waals surface area contributed by atoms with Crippen molar-refractivity contribution in [2.75, 3.05) is 13.1 Å². The molecule has 0 aromatic heterocycles. The quantitative estimate of drug-likeness (QED) is 0.871. The number of phenolic OH excluding ortho intramolecular Hbond substituents is 1. The zero-order valence-electron chi connectivity index (χ0n) is 12.7. The van der Waals surface area contributed by atoms with E-state index in [1.165, 1.54) is 0 Å². The van der Waals surface area contributed by atoms with Crippen LogP contribution in [0.3, 0.4) is 0 Å². The summed E-state index contributed by atoms with van der Waals surface area (Å²) in [6.07, 6.45) is 2.41. The lowest BCUT2D eigenvalue weighted by molar-refractivity contribution is -0.133. The van der Waals surface area contributed by atoms with Crippen LogP contribution < -0.4 is 5.32 Å². The Hall–Kier alpha value is -2.06. The van der Waals surface area contributed by atoms with Crippen molar-refractivity contribution in [1.82, 2.24) is 10.2 Å². The standard InChI is InChI=1S/C17H21N3O2/c1-11-14(5-2-6-16(11)21)12-8-15(19-10-12)17(22)20-7-3-4-13(20)9-18/h2,5-6,12-13,15,19,21H,3-4,7-8,10H2,1H3/t12-,13-,15-/m0/s1. The van der Waals surface area contributed by atoms with Gasteiger partial charge in [-0.15, -0.1) is 0 Å². The number of amides is 1. The van der Waals surface area contributed by atoms with Gasteiger partial charge in [0.25, 0.3) is 0 Å². The highest BCUT2D eigenvalue weighted by molar-refractivity contribution is 5.83. The van der Waals surface area contributed by atoms with Crippen molar-refractivity contribution in [3.8, 4) is 11.8 Å². The molecule has 2 saturated heterocycles. The third kappa shape index (κ3) is 2.55. The molecule has 0 saturated carbocycles. The number of likely N-dealkylation sites (tertiary alicyclic amines) is 1. The van der Waals surface area contributed by atoms with Gasteiger partial charge in [-0.1, -0.05) is 12.1 Å². The number of aromatic hydroxyl groups is 1. The van der Waals surface area contributed by atoms with Crippen LogP contribution in [0.4, 0.5) is 0 Å². The average molecular weight is 299 g/mol. The van der Waals surface area contributed by atoms with E-state index in [1.807, 2.05) is 19.1 Å². The zero-order valence-corrected chi connectivity index (χ0v) is 12.7. The highest BCUT2D eigenvalue weighted by Gasteiger charge is 2.37. The van der Waals surface area contributed by atoms with Crippen LogP contribution in [0.2, 0.25) is 0 Å². The van der Waals surface area contributed by atoms with Crippen LogP contribution in [0.1, 0.15) is 36.3 Å². The molecule has 2 aliphatic heterocycles. The van der Waals surface area contributed by atoms with Crippen molar-refractivity contribution in [2.45, 2.75) is 44.2 Å². The Bertz CT molecular complexity index is 623. The number of phenols is 1. The number of nitrogens with zero attached hydrogens (tertiary/aromatic N) is 2. The Kier molecular flexibility index (Phi) is 4.04. The van der Waals surface area contributed by atoms with Crippen molar-refractivity contribution in [3.63, 3.8) is 0 Å². The molecule has 3 atom stereocenters. The summed E-state index contributed by atoms with van der Waals surface area (Å²) in [7, 11) is 0. The number of nitrogens with one attached hydrogen (secondary N) is 1. The largest absolute Gasteiger partial charge is 0.508 e. The highest BCUT2D eigenvalue weighted by atomic mass is 16.3. The van der Waals surface area contributed by atoms with Gasteiger partial charge >= 0.3 is 0 Å². The van der Waals surface area contributed by atoms with Crippen LogP contribution >= 0.6 is 0 Å². The summed E-state index contributed by atoms with van der Waals surface area (Å²) in [6, 6.07) is 7.28. The van der Waals surface area contributed by atoms with Gasteiger partial charge in [-0.2, -0.15) is 5.26 Å². The van der Waals surface area contributed by atoms with E-state index >= 15 is 0 Å². The lowest BCUT2D eigenvalue weighted by atomic mass is 9.92. The van der Waals surface area contributed by atoms with Crippen molar-refractivity contribution in [1.29, 1.82) is 5.26 Å². The molecule has 0 bridgehead atoms. The zero-order chi connectivity index (χ0) is 15.7. The van der Waals surface area contributed by atoms with Crippen molar-refractivity contribution < 1.29 is 9.90 Å². The van der Waals surface area contributed by atoms with Gasteiger partial charge in [0.05, 0.1) is 12.1 Å². The first-order chi connectivity index (χ1) is 10.6. The van der Waals surface area contributed by atoms with Crippen LogP contribution in [0, 0.1) is 18.3 Å². The van der Waals surface area contributed by atoms with E-state index in [1.54, 1.807) is 11.0 Å². The maximum absolute atomic E-state index is 12.6. The minimum absolute atomic E-state index is 0.0457. The Balaban J connectivity index is 1.71. The van der Waals surface area contributed by atoms with Crippen LogP contribution in [0.15, 0.2) is 18.2 Å². The maximum atomic E-state index is 12.6. The molecule has 1 amide bonds. The molecule has 5 nitrogen and oxygen atoms in total. The summed E-state index contributed by atoms with van der Waals surface area (Å²) >= 11 is 0. The van der Waals surface area contributed by atoms with Crippen LogP contribution in [-0.4, -0.2) is 41.1 Å². The third-order valence-electron chi connectivity index (χ3n) is 4.90. The molecule has 2 N–H and O–H groups in total. The van der Waals surface area contributed by atoms with Crippen LogP contribution in [-0.2, 0) is 4.79 Å². The van der Waals surface area contributed by atoms with Gasteiger partial charge in [-0.25, -0.2) is 0 Å². The molecule has 0 unspecified atom stereocenters. The SMILES string of the molecule is Cc1c(O)cccc1[C@@H]1CN[C@H](C(=O)N2CCC[C@H]2C#N)C1. The number of benzene rings is 1. The molecule has 1 aromatic carbocycles. The van der Waals surface area contributed by atoms with Crippen molar-refractivity contribution >= 4 is 5.91 Å². The summed E-state index contributed by atoms with van der Waals surface area (Å²) in [5.74, 6) is 0.574. The van der Waals surface area contributed by atoms with E-state index < -0.39 is 0 Å². The van der Waals surface area contributed by atoms with Gasteiger partial charge in [-0.3, -0.25) is 4.79 Å². The van der Waals surface area contributed by atoms with Gasteiger partial charge in [0.2, 0.25) is 5.91 Å². The van der Waals surface area contributed by atoms with Crippen molar-refractivity contribution in [3.05, 3.63) is 29.3 Å². The minimum atomic E-state index is -0.268. The molecule has 116 valence electrons. The average Bonchev–Trinajstić information content (AvgIpc) is 3.17. The van der Waals surface area contributed by atoms with Crippen molar-refractivity contribution in [2.24, 2.45) is 0 Å². The van der Waals surface area contributed by atoms with E-state index in [0.29, 0.717) is 12.3 Å². The lowest BCUT2D eigenvalue weighted by Gasteiger charge is -2.23. The number of carbonyl (C=O) groups excluding carboxylic acids is 1. The predicted molar refractivity (Wildman–Crippen MR) is 82.3 cm³/mol. The van der Waals surface area contributed by atoms with Gasteiger partial charge in [0.1, 0.15) is 11.8 Å². The second-order valence-electron chi connectivity index (χ2n) is 6.20. The molecular formula is C17H21N3O2. The fraction of sp³-hybridized carbons (Fsp3) is 0.529. The van der Waals surface area contributed by atoms with Gasteiger partial charge in [0.15, 0.2) is 0 Å². The Morgan fingerprint density at radius 1 is 1.50 bits per heavy atom. The molecule has 22 heavy (non-hydrogen) atoms. The second kappa shape index (κ2) is 5.98. The molecular weight excluding hydrogens is 278 g/mol. The molecule has 0 aliphatic carbocycles. The molecule has 2 fully saturated rings. The minimum Gasteiger partial charge on any atom is -0.508 e. The topological polar surface area (TPSA) is 76.4 Å². The van der Waals surface area contributed by atoms with Gasteiger partial charge in [-0.05, 0) is 49.3 Å². The van der Waals surface area contributed by atoms with E-state index in [4.69, 9.17) is 5.26 Å². The van der Waals surface area contributed by atoms with E-state index in [0.717, 1.165) is 36.9 Å². The van der Waals surface area contributed by atoms with Crippen LogP contribution in [0.5, 0.6) is 5.75 Å². The summed E-state index contributed by atoms with van der Waals surface area (Å²) in [6.45, 7) is 3.32. The number of carbonyl (C=O) groups is 1. The second-order valence-corrected chi connectivity index (χ2v) is 6.20. The number of hydrogen-bond acceptors (Lipinski definition) is 4. The highest BCUT2D eigenvalue weighted by Crippen LogP contribution is 2.33. The number of nitriles is 1. The lowest BCUT2D eigenvalue weighted by Crippen LogP contribution is -2.45. The van der Waals surface area contributed by atoms with Gasteiger partial charge < -0.3 is 15.3 Å². The monoisotopic (exact) mass is 299 g/mol. The molecule has 0 spiro atoms. The third-order valence-corrected chi connectivity index (χ3v) is 4.90. The Labute approximate surface area is 130 Å². The Morgan fingerprint density at radius 3 is 3.09 bits per heavy atom. The van der Waals surface area contributed by atoms with E-state index in [2.05, 4.69) is 11.4 Å². The molecule has 2 heterocycles. The molecule has 1 aromatic rings. The fourth-order valence-electron chi connectivity index (χ4n) is 3.61. The smallest absolute Gasteiger partial charge is 0.240 e. The molecule has 0 radical (unpaired) electrons. The van der Waals surface area contributed by atoms with Gasteiger partial charge in [0, 0.05) is 13.1 Å². The number of hydrogen-bond donors (Lipinski definition) is 2. The summed E-state index contributed by atoms with van der Waals surface area (Å²) in [4.78, 5) is 14.3. The molecule has 5 heteroatoms. The normalized spacial score (nSPS) is 27.8. The maximum Gasteiger partial charge on any atom is 0.240 e.